The van der Waals surface area contributed by atoms with Crippen molar-refractivity contribution in [2.24, 2.45) is 0 Å². The second-order valence-electron chi connectivity index (χ2n) is 5.46. The Hall–Kier alpha value is -2.67. The lowest BCUT2D eigenvalue weighted by molar-refractivity contribution is 0.166. The maximum Gasteiger partial charge on any atom is 0.204 e. The van der Waals surface area contributed by atoms with Gasteiger partial charge in [-0.25, -0.2) is 15.0 Å². The number of fused-ring (bicyclic) bond motifs is 1. The highest BCUT2D eigenvalue weighted by molar-refractivity contribution is 7.13. The first kappa shape index (κ1) is 14.9. The molecule has 1 N–H and O–H groups in total. The molecule has 0 spiro atoms. The average Bonchev–Trinajstić information content (AvgIpc) is 3.02. The van der Waals surface area contributed by atoms with Crippen LogP contribution in [0.25, 0.3) is 21.8 Å². The van der Waals surface area contributed by atoms with Gasteiger partial charge in [0.05, 0.1) is 11.3 Å². The zero-order chi connectivity index (χ0) is 16.7. The standard InChI is InChI=1S/C17H15N3O3S/c1-9-8-24-17(19-9)12-7-18-10(2)20-14(12)11-3-4-13-16(15(11)21)23-6-5-22-13/h3-4,7-8,21H,5-6H2,1-2H3. The Balaban J connectivity index is 1.92. The number of nitrogens with zero attached hydrogens (tertiary/aromatic N) is 3. The van der Waals surface area contributed by atoms with Gasteiger partial charge >= 0.3 is 0 Å². The van der Waals surface area contributed by atoms with Gasteiger partial charge in [0.1, 0.15) is 24.0 Å². The summed E-state index contributed by atoms with van der Waals surface area (Å²) in [5.74, 6) is 1.55. The first-order valence-electron chi connectivity index (χ1n) is 7.51. The molecule has 0 atom stereocenters. The Morgan fingerprint density at radius 2 is 1.92 bits per heavy atom. The summed E-state index contributed by atoms with van der Waals surface area (Å²) >= 11 is 1.52. The zero-order valence-electron chi connectivity index (χ0n) is 13.2. The molecule has 1 aliphatic rings. The lowest BCUT2D eigenvalue weighted by Crippen LogP contribution is -2.15. The molecular formula is C17H15N3O3S. The quantitative estimate of drug-likeness (QED) is 0.770. The molecule has 24 heavy (non-hydrogen) atoms. The molecule has 0 unspecified atom stereocenters. The molecule has 6 nitrogen and oxygen atoms in total. The lowest BCUT2D eigenvalue weighted by atomic mass is 10.0. The summed E-state index contributed by atoms with van der Waals surface area (Å²) in [6.45, 7) is 4.64. The number of benzene rings is 1. The summed E-state index contributed by atoms with van der Waals surface area (Å²) in [5.41, 5.74) is 2.93. The Kier molecular flexibility index (Phi) is 3.57. The van der Waals surface area contributed by atoms with E-state index >= 15 is 0 Å². The van der Waals surface area contributed by atoms with Gasteiger partial charge in [0.2, 0.25) is 5.75 Å². The number of thiazole rings is 1. The topological polar surface area (TPSA) is 77.4 Å². The molecule has 0 saturated carbocycles. The summed E-state index contributed by atoms with van der Waals surface area (Å²) < 4.78 is 11.1. The number of aromatic hydroxyl groups is 1. The third kappa shape index (κ3) is 2.46. The van der Waals surface area contributed by atoms with Crippen LogP contribution in [0.1, 0.15) is 11.5 Å². The Labute approximate surface area is 142 Å². The van der Waals surface area contributed by atoms with Gasteiger partial charge in [-0.15, -0.1) is 11.3 Å². The van der Waals surface area contributed by atoms with Gasteiger partial charge in [-0.2, -0.15) is 0 Å². The predicted molar refractivity (Wildman–Crippen MR) is 90.7 cm³/mol. The van der Waals surface area contributed by atoms with E-state index in [9.17, 15) is 5.11 Å². The van der Waals surface area contributed by atoms with Crippen molar-refractivity contribution in [2.45, 2.75) is 13.8 Å². The lowest BCUT2D eigenvalue weighted by Gasteiger charge is -2.20. The first-order chi connectivity index (χ1) is 11.6. The molecule has 0 saturated heterocycles. The normalized spacial score (nSPS) is 13.1. The molecule has 3 aromatic rings. The van der Waals surface area contributed by atoms with E-state index in [4.69, 9.17) is 9.47 Å². The van der Waals surface area contributed by atoms with Gasteiger partial charge in [0.15, 0.2) is 11.5 Å². The molecule has 1 aliphatic heterocycles. The van der Waals surface area contributed by atoms with Crippen LogP contribution in [0.4, 0.5) is 0 Å². The maximum atomic E-state index is 10.7. The van der Waals surface area contributed by atoms with Crippen LogP contribution in [0.2, 0.25) is 0 Å². The van der Waals surface area contributed by atoms with Crippen LogP contribution in [0, 0.1) is 13.8 Å². The molecule has 0 bridgehead atoms. The number of aromatic nitrogens is 3. The molecule has 3 heterocycles. The fourth-order valence-corrected chi connectivity index (χ4v) is 3.41. The van der Waals surface area contributed by atoms with Crippen molar-refractivity contribution >= 4 is 11.3 Å². The van der Waals surface area contributed by atoms with Crippen molar-refractivity contribution in [1.29, 1.82) is 0 Å². The van der Waals surface area contributed by atoms with E-state index in [1.54, 1.807) is 18.3 Å². The van der Waals surface area contributed by atoms with Gasteiger partial charge in [-0.05, 0) is 26.0 Å². The number of rotatable bonds is 2. The Bertz CT molecular complexity index is 923. The van der Waals surface area contributed by atoms with Gasteiger partial charge < -0.3 is 14.6 Å². The average molecular weight is 341 g/mol. The van der Waals surface area contributed by atoms with E-state index in [1.807, 2.05) is 19.2 Å². The molecule has 7 heteroatoms. The van der Waals surface area contributed by atoms with E-state index in [-0.39, 0.29) is 5.75 Å². The Morgan fingerprint density at radius 3 is 2.71 bits per heavy atom. The minimum atomic E-state index is 0.0276. The molecule has 0 fully saturated rings. The third-order valence-corrected chi connectivity index (χ3v) is 4.69. The van der Waals surface area contributed by atoms with Crippen molar-refractivity contribution in [3.8, 4) is 39.1 Å². The molecule has 122 valence electrons. The van der Waals surface area contributed by atoms with Crippen LogP contribution in [0.15, 0.2) is 23.7 Å². The minimum Gasteiger partial charge on any atom is -0.504 e. The SMILES string of the molecule is Cc1csc(-c2cnc(C)nc2-c2ccc3c(c2O)OCCO3)n1. The fraction of sp³-hybridized carbons (Fsp3) is 0.235. The van der Waals surface area contributed by atoms with Crippen molar-refractivity contribution in [2.75, 3.05) is 13.2 Å². The van der Waals surface area contributed by atoms with Crippen LogP contribution in [-0.2, 0) is 0 Å². The molecule has 4 rings (SSSR count). The van der Waals surface area contributed by atoms with Gasteiger partial charge in [-0.3, -0.25) is 0 Å². The van der Waals surface area contributed by atoms with Crippen LogP contribution in [0.5, 0.6) is 17.2 Å². The fourth-order valence-electron chi connectivity index (χ4n) is 2.60. The second kappa shape index (κ2) is 5.76. The van der Waals surface area contributed by atoms with E-state index in [0.717, 1.165) is 16.3 Å². The summed E-state index contributed by atoms with van der Waals surface area (Å²) in [6.07, 6.45) is 1.74. The number of phenols is 1. The second-order valence-corrected chi connectivity index (χ2v) is 6.32. The van der Waals surface area contributed by atoms with E-state index in [1.165, 1.54) is 11.3 Å². The highest BCUT2D eigenvalue weighted by Crippen LogP contribution is 2.46. The smallest absolute Gasteiger partial charge is 0.204 e. The molecule has 0 radical (unpaired) electrons. The van der Waals surface area contributed by atoms with E-state index in [2.05, 4.69) is 15.0 Å². The molecule has 0 aliphatic carbocycles. The minimum absolute atomic E-state index is 0.0276. The Morgan fingerprint density at radius 1 is 1.08 bits per heavy atom. The third-order valence-electron chi connectivity index (χ3n) is 3.70. The predicted octanol–water partition coefficient (Wildman–Crippen LogP) is 3.36. The van der Waals surface area contributed by atoms with Crippen molar-refractivity contribution < 1.29 is 14.6 Å². The van der Waals surface area contributed by atoms with Gasteiger partial charge in [0.25, 0.3) is 0 Å². The number of phenolic OH excluding ortho intramolecular Hbond substituents is 1. The summed E-state index contributed by atoms with van der Waals surface area (Å²) in [4.78, 5) is 13.3. The van der Waals surface area contributed by atoms with Crippen molar-refractivity contribution in [3.63, 3.8) is 0 Å². The first-order valence-corrected chi connectivity index (χ1v) is 8.39. The van der Waals surface area contributed by atoms with E-state index < -0.39 is 0 Å². The molecule has 1 aromatic carbocycles. The van der Waals surface area contributed by atoms with E-state index in [0.29, 0.717) is 41.8 Å². The highest BCUT2D eigenvalue weighted by Gasteiger charge is 2.23. The number of ether oxygens (including phenoxy) is 2. The zero-order valence-corrected chi connectivity index (χ0v) is 14.1. The van der Waals surface area contributed by atoms with Crippen LogP contribution in [-0.4, -0.2) is 33.3 Å². The highest BCUT2D eigenvalue weighted by atomic mass is 32.1. The number of hydrogen-bond donors (Lipinski definition) is 1. The van der Waals surface area contributed by atoms with Gasteiger partial charge in [0, 0.05) is 22.8 Å². The molecule has 2 aromatic heterocycles. The molecule has 0 amide bonds. The number of aryl methyl sites for hydroxylation is 2. The number of hydrogen-bond acceptors (Lipinski definition) is 7. The van der Waals surface area contributed by atoms with Crippen LogP contribution < -0.4 is 9.47 Å². The van der Waals surface area contributed by atoms with Gasteiger partial charge in [-0.1, -0.05) is 0 Å². The van der Waals surface area contributed by atoms with Crippen LogP contribution >= 0.6 is 11.3 Å². The summed E-state index contributed by atoms with van der Waals surface area (Å²) in [6, 6.07) is 3.58. The van der Waals surface area contributed by atoms with Crippen molar-refractivity contribution in [1.82, 2.24) is 15.0 Å². The van der Waals surface area contributed by atoms with Crippen molar-refractivity contribution in [3.05, 3.63) is 35.2 Å². The largest absolute Gasteiger partial charge is 0.504 e. The monoisotopic (exact) mass is 341 g/mol. The summed E-state index contributed by atoms with van der Waals surface area (Å²) in [7, 11) is 0. The molecular weight excluding hydrogens is 326 g/mol. The summed E-state index contributed by atoms with van der Waals surface area (Å²) in [5, 5.41) is 13.5. The van der Waals surface area contributed by atoms with Crippen LogP contribution in [0.3, 0.4) is 0 Å². The maximum absolute atomic E-state index is 10.7.